The first-order chi connectivity index (χ1) is 7.74. The predicted molar refractivity (Wildman–Crippen MR) is 85.7 cm³/mol. The van der Waals surface area contributed by atoms with Crippen LogP contribution in [0.3, 0.4) is 0 Å². The van der Waals surface area contributed by atoms with E-state index in [9.17, 15) is 0 Å². The fourth-order valence-corrected chi connectivity index (χ4v) is 2.89. The Hall–Kier alpha value is -0.100. The lowest BCUT2D eigenvalue weighted by Crippen LogP contribution is -1.92. The fourth-order valence-electron chi connectivity index (χ4n) is 1.67. The Labute approximate surface area is 124 Å². The van der Waals surface area contributed by atoms with Crippen molar-refractivity contribution < 1.29 is 0 Å². The second-order valence-electron chi connectivity index (χ2n) is 3.76. The maximum absolute atomic E-state index is 2.36. The van der Waals surface area contributed by atoms with Crippen LogP contribution in [0.2, 0.25) is 0 Å². The van der Waals surface area contributed by atoms with Crippen molar-refractivity contribution in [1.82, 2.24) is 0 Å². The highest BCUT2D eigenvalue weighted by Crippen LogP contribution is 2.13. The zero-order valence-corrected chi connectivity index (χ0v) is 13.1. The molecule has 0 amide bonds. The van der Waals surface area contributed by atoms with Gasteiger partial charge in [0.25, 0.3) is 0 Å². The third-order valence-corrected chi connectivity index (χ3v) is 3.82. The second kappa shape index (κ2) is 6.00. The monoisotopic (exact) mass is 434 g/mol. The zero-order chi connectivity index (χ0) is 11.4. The topological polar surface area (TPSA) is 0 Å². The molecular weight excluding hydrogens is 422 g/mol. The lowest BCUT2D eigenvalue weighted by Gasteiger charge is -2.03. The molecule has 0 nitrogen and oxygen atoms in total. The van der Waals surface area contributed by atoms with Gasteiger partial charge in [0.2, 0.25) is 0 Å². The molecule has 0 aliphatic heterocycles. The average Bonchev–Trinajstić information content (AvgIpc) is 2.27. The Morgan fingerprint density at radius 3 is 1.50 bits per heavy atom. The summed E-state index contributed by atoms with van der Waals surface area (Å²) in [6, 6.07) is 17.5. The van der Waals surface area contributed by atoms with E-state index < -0.39 is 0 Å². The van der Waals surface area contributed by atoms with Crippen LogP contribution in [0.4, 0.5) is 0 Å². The van der Waals surface area contributed by atoms with Crippen molar-refractivity contribution in [3.63, 3.8) is 0 Å². The third kappa shape index (κ3) is 3.73. The van der Waals surface area contributed by atoms with Crippen molar-refractivity contribution in [3.8, 4) is 0 Å². The van der Waals surface area contributed by atoms with E-state index >= 15 is 0 Å². The summed E-state index contributed by atoms with van der Waals surface area (Å²) in [7, 11) is 0. The predicted octanol–water partition coefficient (Wildman–Crippen LogP) is 4.68. The number of benzene rings is 2. The van der Waals surface area contributed by atoms with Gasteiger partial charge in [-0.1, -0.05) is 24.3 Å². The first kappa shape index (κ1) is 12.4. The molecule has 0 fully saturated rings. The molecule has 2 rings (SSSR count). The van der Waals surface area contributed by atoms with Crippen molar-refractivity contribution in [1.29, 1.82) is 0 Å². The van der Waals surface area contributed by atoms with E-state index in [-0.39, 0.29) is 0 Å². The zero-order valence-electron chi connectivity index (χ0n) is 8.79. The van der Waals surface area contributed by atoms with Crippen LogP contribution in [0.5, 0.6) is 0 Å². The molecule has 0 unspecified atom stereocenters. The summed E-state index contributed by atoms with van der Waals surface area (Å²) in [6.45, 7) is 0. The summed E-state index contributed by atoms with van der Waals surface area (Å²) in [4.78, 5) is 0. The molecular formula is C14H12I2. The quantitative estimate of drug-likeness (QED) is 0.616. The molecule has 82 valence electrons. The van der Waals surface area contributed by atoms with E-state index in [1.165, 1.54) is 18.3 Å². The van der Waals surface area contributed by atoms with Crippen molar-refractivity contribution in [2.24, 2.45) is 0 Å². The van der Waals surface area contributed by atoms with E-state index in [1.54, 1.807) is 0 Å². The highest BCUT2D eigenvalue weighted by molar-refractivity contribution is 14.1. The standard InChI is InChI=1S/C14H12I2/c15-13-5-1-3-11(9-13)7-8-12-4-2-6-14(16)10-12/h1-6,9-10H,7-8H2. The van der Waals surface area contributed by atoms with Gasteiger partial charge in [-0.15, -0.1) is 0 Å². The molecule has 0 aliphatic carbocycles. The summed E-state index contributed by atoms with van der Waals surface area (Å²) in [5.74, 6) is 0. The number of aryl methyl sites for hydroxylation is 2. The Balaban J connectivity index is 2.02. The van der Waals surface area contributed by atoms with E-state index in [1.807, 2.05) is 0 Å². The molecule has 0 N–H and O–H groups in total. The van der Waals surface area contributed by atoms with Gasteiger partial charge in [0.1, 0.15) is 0 Å². The molecule has 0 spiro atoms. The Kier molecular flexibility index (Phi) is 4.64. The van der Waals surface area contributed by atoms with Gasteiger partial charge < -0.3 is 0 Å². The van der Waals surface area contributed by atoms with Crippen LogP contribution >= 0.6 is 45.2 Å². The van der Waals surface area contributed by atoms with E-state index in [0.717, 1.165) is 12.8 Å². The Morgan fingerprint density at radius 1 is 0.688 bits per heavy atom. The second-order valence-corrected chi connectivity index (χ2v) is 6.25. The molecule has 0 saturated heterocycles. The largest absolute Gasteiger partial charge is 0.0609 e. The van der Waals surface area contributed by atoms with Gasteiger partial charge in [-0.05, 0) is 93.4 Å². The molecule has 0 saturated carbocycles. The molecule has 0 radical (unpaired) electrons. The summed E-state index contributed by atoms with van der Waals surface area (Å²) in [6.07, 6.45) is 2.24. The lowest BCUT2D eigenvalue weighted by molar-refractivity contribution is 0.958. The van der Waals surface area contributed by atoms with Crippen molar-refractivity contribution >= 4 is 45.2 Å². The van der Waals surface area contributed by atoms with Crippen molar-refractivity contribution in [2.45, 2.75) is 12.8 Å². The van der Waals surface area contributed by atoms with Gasteiger partial charge in [0.15, 0.2) is 0 Å². The fraction of sp³-hybridized carbons (Fsp3) is 0.143. The number of halogens is 2. The number of hydrogen-bond donors (Lipinski definition) is 0. The van der Waals surface area contributed by atoms with Crippen LogP contribution in [0.25, 0.3) is 0 Å². The van der Waals surface area contributed by atoms with Crippen LogP contribution in [-0.2, 0) is 12.8 Å². The van der Waals surface area contributed by atoms with E-state index in [4.69, 9.17) is 0 Å². The average molecular weight is 434 g/mol. The smallest absolute Gasteiger partial charge is 0.0133 e. The van der Waals surface area contributed by atoms with Crippen LogP contribution < -0.4 is 0 Å². The van der Waals surface area contributed by atoms with Gasteiger partial charge in [0.05, 0.1) is 0 Å². The maximum Gasteiger partial charge on any atom is 0.0133 e. The molecule has 0 atom stereocenters. The van der Waals surface area contributed by atoms with Crippen LogP contribution in [0.1, 0.15) is 11.1 Å². The molecule has 2 heteroatoms. The van der Waals surface area contributed by atoms with Gasteiger partial charge >= 0.3 is 0 Å². The molecule has 0 bridgehead atoms. The van der Waals surface area contributed by atoms with Crippen LogP contribution in [-0.4, -0.2) is 0 Å². The third-order valence-electron chi connectivity index (χ3n) is 2.48. The summed E-state index contributed by atoms with van der Waals surface area (Å²) in [5, 5.41) is 0. The minimum Gasteiger partial charge on any atom is -0.0609 e. The minimum atomic E-state index is 1.12. The van der Waals surface area contributed by atoms with Gasteiger partial charge in [-0.3, -0.25) is 0 Å². The maximum atomic E-state index is 2.36. The van der Waals surface area contributed by atoms with Crippen molar-refractivity contribution in [2.75, 3.05) is 0 Å². The highest BCUT2D eigenvalue weighted by Gasteiger charge is 1.97. The normalized spacial score (nSPS) is 10.4. The first-order valence-corrected chi connectivity index (χ1v) is 7.39. The molecule has 0 aliphatic rings. The summed E-state index contributed by atoms with van der Waals surface area (Å²) < 4.78 is 2.63. The highest BCUT2D eigenvalue weighted by atomic mass is 127. The molecule has 2 aromatic rings. The SMILES string of the molecule is Ic1cccc(CCc2cccc(I)c2)c1. The molecule has 2 aromatic carbocycles. The Bertz CT molecular complexity index is 432. The van der Waals surface area contributed by atoms with Crippen LogP contribution in [0, 0.1) is 7.14 Å². The van der Waals surface area contributed by atoms with Gasteiger partial charge in [-0.25, -0.2) is 0 Å². The first-order valence-electron chi connectivity index (χ1n) is 5.23. The lowest BCUT2D eigenvalue weighted by atomic mass is 10.0. The van der Waals surface area contributed by atoms with E-state index in [0.29, 0.717) is 0 Å². The van der Waals surface area contributed by atoms with E-state index in [2.05, 4.69) is 93.7 Å². The Morgan fingerprint density at radius 2 is 1.12 bits per heavy atom. The van der Waals surface area contributed by atoms with Gasteiger partial charge in [-0.2, -0.15) is 0 Å². The molecule has 0 heterocycles. The van der Waals surface area contributed by atoms with Crippen molar-refractivity contribution in [3.05, 3.63) is 66.8 Å². The van der Waals surface area contributed by atoms with Gasteiger partial charge in [0, 0.05) is 7.14 Å². The molecule has 16 heavy (non-hydrogen) atoms. The summed E-state index contributed by atoms with van der Waals surface area (Å²) in [5.41, 5.74) is 2.84. The van der Waals surface area contributed by atoms with Crippen LogP contribution in [0.15, 0.2) is 48.5 Å². The number of hydrogen-bond acceptors (Lipinski definition) is 0. The molecule has 0 aromatic heterocycles. The summed E-state index contributed by atoms with van der Waals surface area (Å²) >= 11 is 4.73. The number of rotatable bonds is 3. The minimum absolute atomic E-state index is 1.12.